The van der Waals surface area contributed by atoms with E-state index in [1.807, 2.05) is 0 Å². The third-order valence-corrected chi connectivity index (χ3v) is 5.10. The molecule has 0 radical (unpaired) electrons. The highest BCUT2D eigenvalue weighted by atomic mass is 19.4. The number of allylic oxidation sites excluding steroid dienone is 1. The molecule has 2 aromatic rings. The van der Waals surface area contributed by atoms with Gasteiger partial charge in [0.05, 0.1) is 5.56 Å². The van der Waals surface area contributed by atoms with Gasteiger partial charge >= 0.3 is 6.18 Å². The fraction of sp³-hybridized carbons (Fsp3) is 0.217. The van der Waals surface area contributed by atoms with Crippen LogP contribution in [0.15, 0.2) is 59.9 Å². The van der Waals surface area contributed by atoms with Crippen LogP contribution in [0.3, 0.4) is 0 Å². The van der Waals surface area contributed by atoms with Crippen LogP contribution in [0.4, 0.5) is 23.2 Å². The zero-order chi connectivity index (χ0) is 22.8. The second-order valence-electron chi connectivity index (χ2n) is 7.09. The van der Waals surface area contributed by atoms with E-state index in [1.165, 1.54) is 24.3 Å². The molecule has 4 nitrogen and oxygen atoms in total. The van der Waals surface area contributed by atoms with Crippen LogP contribution in [0, 0.1) is 24.1 Å². The molecule has 2 unspecified atom stereocenters. The van der Waals surface area contributed by atoms with Gasteiger partial charge in [-0.1, -0.05) is 12.1 Å². The highest BCUT2D eigenvalue weighted by molar-refractivity contribution is 6.25. The maximum atomic E-state index is 13.0. The Morgan fingerprint density at radius 1 is 1.13 bits per heavy atom. The molecule has 0 aromatic heterocycles. The second-order valence-corrected chi connectivity index (χ2v) is 7.09. The van der Waals surface area contributed by atoms with Gasteiger partial charge in [-0.2, -0.15) is 13.2 Å². The third-order valence-electron chi connectivity index (χ3n) is 5.10. The Hall–Kier alpha value is -3.60. The van der Waals surface area contributed by atoms with Gasteiger partial charge in [0.15, 0.2) is 5.78 Å². The smallest absolute Gasteiger partial charge is 0.416 e. The number of Topliss-reactive ketones (excluding diaryl/α,β-unsaturated/α-hetero) is 1. The highest BCUT2D eigenvalue weighted by Crippen LogP contribution is 2.41. The molecule has 0 bridgehead atoms. The lowest BCUT2D eigenvalue weighted by Gasteiger charge is -2.30. The number of carbonyl (C=O) groups is 2. The molecule has 2 atom stereocenters. The van der Waals surface area contributed by atoms with Crippen molar-refractivity contribution in [1.29, 1.82) is 0 Å². The number of terminal acetylenes is 1. The SMILES string of the molecule is C#CCC1C(=O)C(C(=O)Nc2ccc(F)cc2)=C(O)CC1c1ccc(C(F)(F)F)cc1. The molecule has 0 heterocycles. The van der Waals surface area contributed by atoms with E-state index in [1.54, 1.807) is 0 Å². The monoisotopic (exact) mass is 431 g/mol. The first-order valence-electron chi connectivity index (χ1n) is 9.25. The molecule has 1 aliphatic rings. The van der Waals surface area contributed by atoms with Crippen molar-refractivity contribution in [1.82, 2.24) is 0 Å². The first-order chi connectivity index (χ1) is 14.6. The lowest BCUT2D eigenvalue weighted by molar-refractivity contribution is -0.137. The Kier molecular flexibility index (Phi) is 6.16. The molecular formula is C23H17F4NO3. The van der Waals surface area contributed by atoms with Crippen LogP contribution in [-0.4, -0.2) is 16.8 Å². The number of amides is 1. The standard InChI is InChI=1S/C23H17F4NO3/c1-2-3-17-18(13-4-6-14(7-5-13)23(25,26)27)12-19(29)20(21(17)30)22(31)28-16-10-8-15(24)9-11-16/h1,4-11,17-18,29H,3,12H2,(H,28,31). The molecule has 2 N–H and O–H groups in total. The Morgan fingerprint density at radius 3 is 2.29 bits per heavy atom. The van der Waals surface area contributed by atoms with Crippen molar-refractivity contribution in [3.05, 3.63) is 76.8 Å². The van der Waals surface area contributed by atoms with E-state index in [2.05, 4.69) is 11.2 Å². The molecule has 2 aromatic carbocycles. The fourth-order valence-electron chi connectivity index (χ4n) is 3.56. The summed E-state index contributed by atoms with van der Waals surface area (Å²) in [4.78, 5) is 25.6. The number of nitrogens with one attached hydrogen (secondary N) is 1. The van der Waals surface area contributed by atoms with Crippen LogP contribution in [0.5, 0.6) is 0 Å². The summed E-state index contributed by atoms with van der Waals surface area (Å²) in [6, 6.07) is 9.09. The van der Waals surface area contributed by atoms with E-state index in [0.29, 0.717) is 5.56 Å². The first kappa shape index (κ1) is 22.1. The Balaban J connectivity index is 1.90. The zero-order valence-corrected chi connectivity index (χ0v) is 16.0. The number of alkyl halides is 3. The molecule has 1 aliphatic carbocycles. The van der Waals surface area contributed by atoms with Gasteiger partial charge in [-0.25, -0.2) is 4.39 Å². The highest BCUT2D eigenvalue weighted by Gasteiger charge is 2.41. The van der Waals surface area contributed by atoms with Gasteiger partial charge in [0.1, 0.15) is 17.1 Å². The van der Waals surface area contributed by atoms with E-state index in [-0.39, 0.29) is 18.5 Å². The minimum absolute atomic E-state index is 0.0644. The van der Waals surface area contributed by atoms with Crippen LogP contribution in [0.2, 0.25) is 0 Å². The number of benzene rings is 2. The molecule has 8 heteroatoms. The van der Waals surface area contributed by atoms with Crippen molar-refractivity contribution in [3.8, 4) is 12.3 Å². The van der Waals surface area contributed by atoms with Crippen molar-refractivity contribution in [3.63, 3.8) is 0 Å². The normalized spacial score (nSPS) is 19.1. The summed E-state index contributed by atoms with van der Waals surface area (Å²) < 4.78 is 51.5. The minimum atomic E-state index is -4.51. The summed E-state index contributed by atoms with van der Waals surface area (Å²) in [5, 5.41) is 12.9. The van der Waals surface area contributed by atoms with Crippen LogP contribution in [0.25, 0.3) is 0 Å². The van der Waals surface area contributed by atoms with Gasteiger partial charge in [-0.05, 0) is 42.0 Å². The molecular weight excluding hydrogens is 414 g/mol. The van der Waals surface area contributed by atoms with Gasteiger partial charge < -0.3 is 10.4 Å². The summed E-state index contributed by atoms with van der Waals surface area (Å²) in [5.74, 6) is -1.80. The molecule has 160 valence electrons. The Morgan fingerprint density at radius 2 is 1.74 bits per heavy atom. The van der Waals surface area contributed by atoms with E-state index < -0.39 is 52.4 Å². The van der Waals surface area contributed by atoms with E-state index in [9.17, 15) is 32.3 Å². The summed E-state index contributed by atoms with van der Waals surface area (Å²) in [7, 11) is 0. The molecule has 0 saturated heterocycles. The number of aliphatic hydroxyl groups is 1. The van der Waals surface area contributed by atoms with Crippen molar-refractivity contribution >= 4 is 17.4 Å². The predicted molar refractivity (Wildman–Crippen MR) is 105 cm³/mol. The predicted octanol–water partition coefficient (Wildman–Crippen LogP) is 4.99. The van der Waals surface area contributed by atoms with E-state index >= 15 is 0 Å². The summed E-state index contributed by atoms with van der Waals surface area (Å²) in [6.07, 6.45) is 0.657. The molecule has 1 amide bonds. The maximum absolute atomic E-state index is 13.0. The van der Waals surface area contributed by atoms with Gasteiger partial charge in [0.25, 0.3) is 5.91 Å². The number of halogens is 4. The molecule has 0 aliphatic heterocycles. The van der Waals surface area contributed by atoms with E-state index in [0.717, 1.165) is 24.3 Å². The summed E-state index contributed by atoms with van der Waals surface area (Å²) in [6.45, 7) is 0. The second kappa shape index (κ2) is 8.64. The number of aliphatic hydroxyl groups excluding tert-OH is 1. The molecule has 0 spiro atoms. The van der Waals surface area contributed by atoms with Gasteiger partial charge in [0.2, 0.25) is 0 Å². The van der Waals surface area contributed by atoms with Gasteiger partial charge in [-0.3, -0.25) is 9.59 Å². The lowest BCUT2D eigenvalue weighted by atomic mass is 9.72. The number of ketones is 1. The maximum Gasteiger partial charge on any atom is 0.416 e. The molecule has 31 heavy (non-hydrogen) atoms. The first-order valence-corrected chi connectivity index (χ1v) is 9.25. The summed E-state index contributed by atoms with van der Waals surface area (Å²) >= 11 is 0. The van der Waals surface area contributed by atoms with Crippen molar-refractivity contribution in [2.24, 2.45) is 5.92 Å². The molecule has 0 fully saturated rings. The average molecular weight is 431 g/mol. The number of hydrogen-bond acceptors (Lipinski definition) is 3. The van der Waals surface area contributed by atoms with Crippen molar-refractivity contribution in [2.75, 3.05) is 5.32 Å². The number of rotatable bonds is 4. The topological polar surface area (TPSA) is 66.4 Å². The average Bonchev–Trinajstić information content (AvgIpc) is 2.71. The quantitative estimate of drug-likeness (QED) is 0.407. The zero-order valence-electron chi connectivity index (χ0n) is 16.0. The lowest BCUT2D eigenvalue weighted by Crippen LogP contribution is -2.35. The molecule has 3 rings (SSSR count). The largest absolute Gasteiger partial charge is 0.511 e. The van der Waals surface area contributed by atoms with Crippen molar-refractivity contribution < 1.29 is 32.3 Å². The van der Waals surface area contributed by atoms with Gasteiger partial charge in [0, 0.05) is 30.4 Å². The minimum Gasteiger partial charge on any atom is -0.511 e. The van der Waals surface area contributed by atoms with Crippen LogP contribution >= 0.6 is 0 Å². The van der Waals surface area contributed by atoms with Crippen LogP contribution in [-0.2, 0) is 15.8 Å². The number of hydrogen-bond donors (Lipinski definition) is 2. The van der Waals surface area contributed by atoms with E-state index in [4.69, 9.17) is 6.42 Å². The number of carbonyl (C=O) groups excluding carboxylic acids is 2. The number of anilines is 1. The third kappa shape index (κ3) is 4.77. The fourth-order valence-corrected chi connectivity index (χ4v) is 3.56. The summed E-state index contributed by atoms with van der Waals surface area (Å²) in [5.41, 5.74) is -0.692. The molecule has 0 saturated carbocycles. The van der Waals surface area contributed by atoms with Crippen LogP contribution in [0.1, 0.15) is 29.9 Å². The Labute approximate surface area is 175 Å². The Bertz CT molecular complexity index is 1060. The van der Waals surface area contributed by atoms with Crippen molar-refractivity contribution in [2.45, 2.75) is 24.9 Å². The van der Waals surface area contributed by atoms with Gasteiger partial charge in [-0.15, -0.1) is 12.3 Å². The van der Waals surface area contributed by atoms with Crippen LogP contribution < -0.4 is 5.32 Å².